The maximum absolute atomic E-state index is 12.9. The summed E-state index contributed by atoms with van der Waals surface area (Å²) in [5.74, 6) is 0.336. The number of nitrogens with zero attached hydrogens (tertiary/aromatic N) is 2. The van der Waals surface area contributed by atoms with Gasteiger partial charge in [-0.15, -0.1) is 0 Å². The SMILES string of the molecule is O=C(CNC(=O)NCc1ccco1)NCCCN1CCN(c2cccc(C(F)(F)F)c2)CC1. The molecule has 11 heteroatoms. The lowest BCUT2D eigenvalue weighted by Gasteiger charge is -2.36. The highest BCUT2D eigenvalue weighted by Gasteiger charge is 2.31. The third-order valence-electron chi connectivity index (χ3n) is 5.30. The number of carbonyl (C=O) groups is 2. The van der Waals surface area contributed by atoms with Crippen LogP contribution in [0.4, 0.5) is 23.7 Å². The normalized spacial score (nSPS) is 14.7. The molecule has 1 fully saturated rings. The van der Waals surface area contributed by atoms with Gasteiger partial charge in [0.05, 0.1) is 24.9 Å². The standard InChI is InChI=1S/C22H28F3N5O3/c23-22(24,25)17-4-1-5-18(14-17)30-11-9-29(10-12-30)8-3-7-26-20(31)16-28-21(32)27-15-19-6-2-13-33-19/h1-2,4-6,13-14H,3,7-12,15-16H2,(H,26,31)(H2,27,28,32). The number of hydrogen-bond donors (Lipinski definition) is 3. The average molecular weight is 467 g/mol. The number of amides is 3. The van der Waals surface area contributed by atoms with E-state index in [0.717, 1.165) is 32.1 Å². The van der Waals surface area contributed by atoms with Gasteiger partial charge in [0.25, 0.3) is 0 Å². The molecule has 0 spiro atoms. The second-order valence-corrected chi connectivity index (χ2v) is 7.70. The Labute approximate surface area is 190 Å². The van der Waals surface area contributed by atoms with E-state index in [1.165, 1.54) is 18.4 Å². The van der Waals surface area contributed by atoms with Gasteiger partial charge in [0, 0.05) is 38.4 Å². The maximum Gasteiger partial charge on any atom is 0.416 e. The summed E-state index contributed by atoms with van der Waals surface area (Å²) < 4.78 is 43.9. The highest BCUT2D eigenvalue weighted by Crippen LogP contribution is 2.31. The number of furan rings is 1. The Morgan fingerprint density at radius 3 is 2.48 bits per heavy atom. The molecule has 0 bridgehead atoms. The molecular formula is C22H28F3N5O3. The Morgan fingerprint density at radius 2 is 1.79 bits per heavy atom. The predicted molar refractivity (Wildman–Crippen MR) is 117 cm³/mol. The number of piperazine rings is 1. The number of urea groups is 1. The van der Waals surface area contributed by atoms with E-state index in [9.17, 15) is 22.8 Å². The van der Waals surface area contributed by atoms with Crippen molar-refractivity contribution >= 4 is 17.6 Å². The van der Waals surface area contributed by atoms with Gasteiger partial charge in [0.15, 0.2) is 0 Å². The topological polar surface area (TPSA) is 89.8 Å². The number of alkyl halides is 3. The number of nitrogens with one attached hydrogen (secondary N) is 3. The lowest BCUT2D eigenvalue weighted by molar-refractivity contribution is -0.137. The van der Waals surface area contributed by atoms with Crippen LogP contribution in [0.25, 0.3) is 0 Å². The Kier molecular flexibility index (Phi) is 8.58. The van der Waals surface area contributed by atoms with E-state index < -0.39 is 17.8 Å². The van der Waals surface area contributed by atoms with E-state index in [2.05, 4.69) is 20.9 Å². The molecule has 1 aliphatic heterocycles. The van der Waals surface area contributed by atoms with Crippen LogP contribution >= 0.6 is 0 Å². The largest absolute Gasteiger partial charge is 0.467 e. The van der Waals surface area contributed by atoms with Crippen LogP contribution in [0.15, 0.2) is 47.1 Å². The second kappa shape index (κ2) is 11.6. The fourth-order valence-electron chi connectivity index (χ4n) is 3.51. The molecule has 0 atom stereocenters. The van der Waals surface area contributed by atoms with Crippen LogP contribution in [-0.2, 0) is 17.5 Å². The van der Waals surface area contributed by atoms with E-state index >= 15 is 0 Å². The first-order valence-electron chi connectivity index (χ1n) is 10.8. The molecule has 8 nitrogen and oxygen atoms in total. The Balaban J connectivity index is 1.26. The molecule has 33 heavy (non-hydrogen) atoms. The zero-order chi connectivity index (χ0) is 23.7. The van der Waals surface area contributed by atoms with Gasteiger partial charge in [-0.3, -0.25) is 9.69 Å². The van der Waals surface area contributed by atoms with Crippen molar-refractivity contribution in [1.29, 1.82) is 0 Å². The van der Waals surface area contributed by atoms with E-state index in [4.69, 9.17) is 4.42 Å². The van der Waals surface area contributed by atoms with Gasteiger partial charge >= 0.3 is 12.2 Å². The van der Waals surface area contributed by atoms with Crippen molar-refractivity contribution in [3.8, 4) is 0 Å². The van der Waals surface area contributed by atoms with Gasteiger partial charge in [-0.2, -0.15) is 13.2 Å². The quantitative estimate of drug-likeness (QED) is 0.493. The van der Waals surface area contributed by atoms with Gasteiger partial charge in [0.1, 0.15) is 5.76 Å². The van der Waals surface area contributed by atoms with Crippen LogP contribution < -0.4 is 20.9 Å². The highest BCUT2D eigenvalue weighted by atomic mass is 19.4. The number of carbonyl (C=O) groups excluding carboxylic acids is 2. The molecule has 3 amide bonds. The molecule has 0 radical (unpaired) electrons. The molecule has 0 aliphatic carbocycles. The minimum Gasteiger partial charge on any atom is -0.467 e. The van der Waals surface area contributed by atoms with E-state index in [0.29, 0.717) is 31.1 Å². The summed E-state index contributed by atoms with van der Waals surface area (Å²) in [5.41, 5.74) is -0.0555. The average Bonchev–Trinajstić information content (AvgIpc) is 3.33. The van der Waals surface area contributed by atoms with Crippen LogP contribution in [0, 0.1) is 0 Å². The smallest absolute Gasteiger partial charge is 0.416 e. The number of benzene rings is 1. The van der Waals surface area contributed by atoms with Crippen molar-refractivity contribution in [2.45, 2.75) is 19.1 Å². The molecule has 0 unspecified atom stereocenters. The third kappa shape index (κ3) is 8.01. The van der Waals surface area contributed by atoms with E-state index in [-0.39, 0.29) is 19.0 Å². The van der Waals surface area contributed by atoms with Crippen molar-refractivity contribution in [3.05, 3.63) is 54.0 Å². The molecule has 1 aromatic heterocycles. The first-order chi connectivity index (χ1) is 15.8. The van der Waals surface area contributed by atoms with Gasteiger partial charge < -0.3 is 25.3 Å². The highest BCUT2D eigenvalue weighted by molar-refractivity contribution is 5.83. The van der Waals surface area contributed by atoms with E-state index in [1.54, 1.807) is 18.2 Å². The first-order valence-corrected chi connectivity index (χ1v) is 10.8. The summed E-state index contributed by atoms with van der Waals surface area (Å²) in [4.78, 5) is 27.7. The van der Waals surface area contributed by atoms with Crippen LogP contribution in [0.1, 0.15) is 17.7 Å². The summed E-state index contributed by atoms with van der Waals surface area (Å²) in [6.07, 6.45) is -2.10. The minimum absolute atomic E-state index is 0.125. The van der Waals surface area contributed by atoms with Crippen molar-refractivity contribution in [2.24, 2.45) is 0 Å². The Morgan fingerprint density at radius 1 is 1.00 bits per heavy atom. The van der Waals surface area contributed by atoms with Gasteiger partial charge in [-0.1, -0.05) is 6.07 Å². The molecule has 1 aromatic carbocycles. The molecule has 180 valence electrons. The molecule has 0 saturated carbocycles. The molecule has 2 heterocycles. The summed E-state index contributed by atoms with van der Waals surface area (Å²) in [5, 5.41) is 7.82. The zero-order valence-corrected chi connectivity index (χ0v) is 18.2. The number of rotatable bonds is 9. The van der Waals surface area contributed by atoms with E-state index in [1.807, 2.05) is 4.90 Å². The van der Waals surface area contributed by atoms with Crippen LogP contribution in [-0.4, -0.2) is 62.7 Å². The second-order valence-electron chi connectivity index (χ2n) is 7.70. The summed E-state index contributed by atoms with van der Waals surface area (Å²) in [7, 11) is 0. The molecule has 2 aromatic rings. The van der Waals surface area contributed by atoms with Crippen molar-refractivity contribution < 1.29 is 27.2 Å². The lowest BCUT2D eigenvalue weighted by Crippen LogP contribution is -2.47. The molecule has 1 saturated heterocycles. The molecule has 3 rings (SSSR count). The van der Waals surface area contributed by atoms with Crippen LogP contribution in [0.2, 0.25) is 0 Å². The monoisotopic (exact) mass is 467 g/mol. The van der Waals surface area contributed by atoms with Crippen molar-refractivity contribution in [1.82, 2.24) is 20.9 Å². The number of halogens is 3. The van der Waals surface area contributed by atoms with Gasteiger partial charge in [-0.05, 0) is 43.3 Å². The number of anilines is 1. The van der Waals surface area contributed by atoms with Crippen LogP contribution in [0.5, 0.6) is 0 Å². The zero-order valence-electron chi connectivity index (χ0n) is 18.2. The maximum atomic E-state index is 12.9. The first kappa shape index (κ1) is 24.4. The molecule has 3 N–H and O–H groups in total. The minimum atomic E-state index is -4.35. The Hall–Kier alpha value is -3.21. The molecule has 1 aliphatic rings. The van der Waals surface area contributed by atoms with Crippen LogP contribution in [0.3, 0.4) is 0 Å². The molecular weight excluding hydrogens is 439 g/mol. The lowest BCUT2D eigenvalue weighted by atomic mass is 10.1. The summed E-state index contributed by atoms with van der Waals surface area (Å²) in [6, 6.07) is 8.40. The fraction of sp³-hybridized carbons (Fsp3) is 0.455. The van der Waals surface area contributed by atoms with Crippen molar-refractivity contribution in [3.63, 3.8) is 0 Å². The summed E-state index contributed by atoms with van der Waals surface area (Å²) >= 11 is 0. The fourth-order valence-corrected chi connectivity index (χ4v) is 3.51. The summed E-state index contributed by atoms with van der Waals surface area (Å²) in [6.45, 7) is 4.12. The van der Waals surface area contributed by atoms with Crippen molar-refractivity contribution in [2.75, 3.05) is 50.7 Å². The number of hydrogen-bond acceptors (Lipinski definition) is 5. The predicted octanol–water partition coefficient (Wildman–Crippen LogP) is 2.43. The van der Waals surface area contributed by atoms with Gasteiger partial charge in [-0.25, -0.2) is 4.79 Å². The Bertz CT molecular complexity index is 897. The van der Waals surface area contributed by atoms with Gasteiger partial charge in [0.2, 0.25) is 5.91 Å². The third-order valence-corrected chi connectivity index (χ3v) is 5.30.